The fraction of sp³-hybridized carbons (Fsp3) is 0.517. The van der Waals surface area contributed by atoms with Gasteiger partial charge in [-0.3, -0.25) is 15.0 Å². The number of rotatable bonds is 5. The number of fused-ring (bicyclic) bond motifs is 5. The number of aromatic amines is 1. The number of nitrogens with zero attached hydrogens (tertiary/aromatic N) is 6. The molecule has 3 aromatic heterocycles. The number of halogens is 2. The molecule has 2 N–H and O–H groups in total. The van der Waals surface area contributed by atoms with Gasteiger partial charge in [0.25, 0.3) is 0 Å². The number of ether oxygens (including phenoxy) is 1. The summed E-state index contributed by atoms with van der Waals surface area (Å²) in [6, 6.07) is 4.74. The number of aromatic nitrogens is 5. The Morgan fingerprint density at radius 2 is 1.95 bits per heavy atom. The molecule has 4 fully saturated rings. The van der Waals surface area contributed by atoms with Crippen LogP contribution in [0.3, 0.4) is 0 Å². The number of anilines is 1. The van der Waals surface area contributed by atoms with Crippen molar-refractivity contribution in [3.05, 3.63) is 35.9 Å². The van der Waals surface area contributed by atoms with Crippen molar-refractivity contribution in [2.45, 2.75) is 62.8 Å². The zero-order valence-electron chi connectivity index (χ0n) is 22.5. The second-order valence-corrected chi connectivity index (χ2v) is 12.0. The van der Waals surface area contributed by atoms with E-state index in [1.165, 1.54) is 0 Å². The third-order valence-electron chi connectivity index (χ3n) is 9.46. The Morgan fingerprint density at radius 3 is 2.80 bits per heavy atom. The average Bonchev–Trinajstić information content (AvgIpc) is 3.71. The lowest BCUT2D eigenvalue weighted by molar-refractivity contribution is 0.107. The van der Waals surface area contributed by atoms with E-state index in [0.717, 1.165) is 61.8 Å². The van der Waals surface area contributed by atoms with Crippen LogP contribution in [-0.2, 0) is 0 Å². The zero-order valence-corrected chi connectivity index (χ0v) is 22.5. The van der Waals surface area contributed by atoms with Crippen molar-refractivity contribution >= 4 is 27.6 Å². The van der Waals surface area contributed by atoms with Gasteiger partial charge in [0.2, 0.25) is 0 Å². The highest BCUT2D eigenvalue weighted by molar-refractivity contribution is 5.98. The van der Waals surface area contributed by atoms with Crippen LogP contribution in [0.2, 0.25) is 0 Å². The van der Waals surface area contributed by atoms with Crippen molar-refractivity contribution in [3.8, 4) is 17.3 Å². The number of benzene rings is 1. The summed E-state index contributed by atoms with van der Waals surface area (Å²) in [5, 5.41) is 12.1. The molecule has 4 aromatic rings. The molecule has 4 aliphatic rings. The monoisotopic (exact) mass is 546 g/mol. The first-order chi connectivity index (χ1) is 19.5. The van der Waals surface area contributed by atoms with Crippen LogP contribution >= 0.6 is 0 Å². The molecule has 208 valence electrons. The summed E-state index contributed by atoms with van der Waals surface area (Å²) in [6.45, 7) is 5.10. The van der Waals surface area contributed by atoms with Gasteiger partial charge >= 0.3 is 6.01 Å². The Balaban J connectivity index is 1.24. The van der Waals surface area contributed by atoms with E-state index in [0.29, 0.717) is 41.8 Å². The van der Waals surface area contributed by atoms with E-state index in [1.54, 1.807) is 12.4 Å². The van der Waals surface area contributed by atoms with E-state index < -0.39 is 12.0 Å². The molecule has 9 nitrogen and oxygen atoms in total. The van der Waals surface area contributed by atoms with Crippen molar-refractivity contribution in [1.82, 2.24) is 35.4 Å². The van der Waals surface area contributed by atoms with Gasteiger partial charge in [0, 0.05) is 55.3 Å². The van der Waals surface area contributed by atoms with Crippen LogP contribution in [0.4, 0.5) is 14.6 Å². The van der Waals surface area contributed by atoms with Crippen LogP contribution in [0.25, 0.3) is 33.1 Å². The average molecular weight is 547 g/mol. The standard InChI is InChI=1S/C29H32F2N8O/c1-16-3-6-22-20(11-33-37-22)23(16)26-24(31)25-21(10-32-26)27(38-13-18-4-5-19(14-38)34-18)36-28(35-25)40-15-29-7-2-8-39(29)12-17(30)9-29/h3,6,10-11,17-19,34H,2,4-5,7-9,12-15H2,1H3,(H,33,37)/t17?,18-,19+,29?. The molecule has 7 heterocycles. The highest BCUT2D eigenvalue weighted by atomic mass is 19.1. The Kier molecular flexibility index (Phi) is 5.50. The number of hydrogen-bond acceptors (Lipinski definition) is 8. The summed E-state index contributed by atoms with van der Waals surface area (Å²) in [5.74, 6) is 0.136. The van der Waals surface area contributed by atoms with E-state index in [4.69, 9.17) is 9.72 Å². The van der Waals surface area contributed by atoms with Crippen LogP contribution < -0.4 is 15.0 Å². The molecule has 40 heavy (non-hydrogen) atoms. The summed E-state index contributed by atoms with van der Waals surface area (Å²) in [7, 11) is 0. The number of piperazine rings is 1. The molecule has 0 aliphatic carbocycles. The van der Waals surface area contributed by atoms with E-state index in [9.17, 15) is 4.39 Å². The first kappa shape index (κ1) is 24.4. The largest absolute Gasteiger partial charge is 0.461 e. The molecular weight excluding hydrogens is 514 g/mol. The molecule has 11 heteroatoms. The quantitative estimate of drug-likeness (QED) is 0.389. The topological polar surface area (TPSA) is 95.1 Å². The maximum atomic E-state index is 16.5. The van der Waals surface area contributed by atoms with E-state index >= 15 is 4.39 Å². The summed E-state index contributed by atoms with van der Waals surface area (Å²) < 4.78 is 37.2. The second-order valence-electron chi connectivity index (χ2n) is 12.0. The minimum absolute atomic E-state index is 0.131. The van der Waals surface area contributed by atoms with Crippen LogP contribution in [0.1, 0.15) is 37.7 Å². The summed E-state index contributed by atoms with van der Waals surface area (Å²) in [6.07, 6.45) is 7.11. The third-order valence-corrected chi connectivity index (χ3v) is 9.46. The fourth-order valence-corrected chi connectivity index (χ4v) is 7.56. The van der Waals surface area contributed by atoms with E-state index in [-0.39, 0.29) is 29.4 Å². The first-order valence-electron chi connectivity index (χ1n) is 14.3. The van der Waals surface area contributed by atoms with Gasteiger partial charge in [0.05, 0.1) is 22.6 Å². The lowest BCUT2D eigenvalue weighted by Gasteiger charge is -2.34. The molecule has 0 radical (unpaired) electrons. The Morgan fingerprint density at radius 1 is 1.10 bits per heavy atom. The van der Waals surface area contributed by atoms with Gasteiger partial charge in [-0.05, 0) is 50.8 Å². The first-order valence-corrected chi connectivity index (χ1v) is 14.3. The van der Waals surface area contributed by atoms with Gasteiger partial charge in [-0.15, -0.1) is 0 Å². The molecule has 2 unspecified atom stereocenters. The third kappa shape index (κ3) is 3.77. The molecule has 0 spiro atoms. The molecule has 2 bridgehead atoms. The Hall–Kier alpha value is -3.44. The van der Waals surface area contributed by atoms with Crippen molar-refractivity contribution in [1.29, 1.82) is 0 Å². The SMILES string of the molecule is Cc1ccc2[nH]ncc2c1-c1ncc2c(N3C[C@H]4CC[C@@H](C3)N4)nc(OCC34CCCN3CC(F)C4)nc2c1F. The van der Waals surface area contributed by atoms with Gasteiger partial charge in [-0.25, -0.2) is 8.78 Å². The molecule has 4 atom stereocenters. The zero-order chi connectivity index (χ0) is 27.0. The number of pyridine rings is 1. The van der Waals surface area contributed by atoms with Crippen LogP contribution in [0.5, 0.6) is 6.01 Å². The molecule has 0 amide bonds. The highest BCUT2D eigenvalue weighted by Crippen LogP contribution is 2.41. The number of alkyl halides is 1. The van der Waals surface area contributed by atoms with Crippen molar-refractivity contribution in [2.24, 2.45) is 0 Å². The molecule has 0 saturated carbocycles. The number of H-pyrrole nitrogens is 1. The predicted octanol–water partition coefficient (Wildman–Crippen LogP) is 3.91. The minimum atomic E-state index is -0.853. The maximum absolute atomic E-state index is 16.5. The Labute approximate surface area is 230 Å². The molecule has 1 aromatic carbocycles. The van der Waals surface area contributed by atoms with Gasteiger partial charge in [-0.2, -0.15) is 15.1 Å². The number of aryl methyl sites for hydroxylation is 1. The van der Waals surface area contributed by atoms with E-state index in [1.807, 2.05) is 19.1 Å². The molecule has 8 rings (SSSR count). The smallest absolute Gasteiger partial charge is 0.319 e. The summed E-state index contributed by atoms with van der Waals surface area (Å²) in [5.41, 5.74) is 2.47. The number of hydrogen-bond donors (Lipinski definition) is 2. The minimum Gasteiger partial charge on any atom is -0.461 e. The lowest BCUT2D eigenvalue weighted by atomic mass is 9.95. The number of nitrogens with one attached hydrogen (secondary N) is 2. The van der Waals surface area contributed by atoms with Crippen molar-refractivity contribution < 1.29 is 13.5 Å². The Bertz CT molecular complexity index is 1610. The van der Waals surface area contributed by atoms with Gasteiger partial charge in [-0.1, -0.05) is 6.07 Å². The summed E-state index contributed by atoms with van der Waals surface area (Å²) in [4.78, 5) is 18.5. The second kappa shape index (κ2) is 9.04. The highest BCUT2D eigenvalue weighted by Gasteiger charge is 2.49. The molecule has 4 aliphatic heterocycles. The maximum Gasteiger partial charge on any atom is 0.319 e. The van der Waals surface area contributed by atoms with Crippen LogP contribution in [0, 0.1) is 12.7 Å². The van der Waals surface area contributed by atoms with Crippen LogP contribution in [0.15, 0.2) is 24.5 Å². The van der Waals surface area contributed by atoms with Gasteiger partial charge in [0.1, 0.15) is 29.8 Å². The predicted molar refractivity (Wildman–Crippen MR) is 148 cm³/mol. The molecule has 4 saturated heterocycles. The summed E-state index contributed by atoms with van der Waals surface area (Å²) >= 11 is 0. The van der Waals surface area contributed by atoms with Gasteiger partial charge < -0.3 is 15.0 Å². The van der Waals surface area contributed by atoms with Crippen molar-refractivity contribution in [3.63, 3.8) is 0 Å². The molecular formula is C29H32F2N8O. The van der Waals surface area contributed by atoms with Crippen molar-refractivity contribution in [2.75, 3.05) is 37.7 Å². The van der Waals surface area contributed by atoms with E-state index in [2.05, 4.69) is 35.3 Å². The lowest BCUT2D eigenvalue weighted by Crippen LogP contribution is -2.51. The van der Waals surface area contributed by atoms with Gasteiger partial charge in [0.15, 0.2) is 5.82 Å². The van der Waals surface area contributed by atoms with Crippen LogP contribution in [-0.4, -0.2) is 86.6 Å². The normalized spacial score (nSPS) is 28.2. The fourth-order valence-electron chi connectivity index (χ4n) is 7.56.